The molecule has 0 saturated carbocycles. The minimum atomic E-state index is 0.251. The molecule has 3 heteroatoms. The lowest BCUT2D eigenvalue weighted by Crippen LogP contribution is -2.34. The van der Waals surface area contributed by atoms with Crippen molar-refractivity contribution in [2.75, 3.05) is 26.7 Å². The molecule has 126 valence electrons. The maximum Gasteiger partial charge on any atom is 0.223 e. The topological polar surface area (TPSA) is 23.6 Å². The second-order valence-electron chi connectivity index (χ2n) is 6.80. The fourth-order valence-electron chi connectivity index (χ4n) is 3.40. The first-order valence-corrected chi connectivity index (χ1v) is 8.72. The summed E-state index contributed by atoms with van der Waals surface area (Å²) in [5.74, 6) is 0.920. The molecular weight excluding hydrogens is 284 g/mol. The molecule has 1 amide bonds. The Bertz CT molecular complexity index is 526. The van der Waals surface area contributed by atoms with Crippen LogP contribution in [-0.2, 0) is 11.3 Å². The van der Waals surface area contributed by atoms with Crippen molar-refractivity contribution in [3.63, 3.8) is 0 Å². The van der Waals surface area contributed by atoms with E-state index in [9.17, 15) is 4.79 Å². The van der Waals surface area contributed by atoms with Gasteiger partial charge in [-0.3, -0.25) is 4.79 Å². The molecule has 1 fully saturated rings. The van der Waals surface area contributed by atoms with E-state index in [2.05, 4.69) is 37.6 Å². The second-order valence-corrected chi connectivity index (χ2v) is 6.80. The summed E-state index contributed by atoms with van der Waals surface area (Å²) in [5, 5.41) is 0. The molecule has 0 N–H and O–H groups in total. The van der Waals surface area contributed by atoms with Crippen molar-refractivity contribution in [3.8, 4) is 0 Å². The van der Waals surface area contributed by atoms with E-state index in [-0.39, 0.29) is 5.91 Å². The highest BCUT2D eigenvalue weighted by Crippen LogP contribution is 2.21. The summed E-state index contributed by atoms with van der Waals surface area (Å²) in [6.45, 7) is 9.54. The van der Waals surface area contributed by atoms with E-state index < -0.39 is 0 Å². The third-order valence-electron chi connectivity index (χ3n) is 4.81. The highest BCUT2D eigenvalue weighted by Gasteiger charge is 2.20. The highest BCUT2D eigenvalue weighted by molar-refractivity contribution is 5.76. The van der Waals surface area contributed by atoms with Gasteiger partial charge in [0.1, 0.15) is 0 Å². The quantitative estimate of drug-likeness (QED) is 0.718. The third-order valence-corrected chi connectivity index (χ3v) is 4.81. The number of amides is 1. The molecule has 1 atom stereocenters. The predicted octanol–water partition coefficient (Wildman–Crippen LogP) is 3.63. The van der Waals surface area contributed by atoms with Gasteiger partial charge >= 0.3 is 0 Å². The number of rotatable bonds is 7. The minimum absolute atomic E-state index is 0.251. The van der Waals surface area contributed by atoms with Gasteiger partial charge in [0.25, 0.3) is 0 Å². The summed E-state index contributed by atoms with van der Waals surface area (Å²) in [6, 6.07) is 8.29. The van der Waals surface area contributed by atoms with Gasteiger partial charge in [0, 0.05) is 26.1 Å². The van der Waals surface area contributed by atoms with Gasteiger partial charge in [0.15, 0.2) is 0 Å². The van der Waals surface area contributed by atoms with E-state index in [1.807, 2.05) is 23.1 Å². The van der Waals surface area contributed by atoms with Crippen molar-refractivity contribution in [1.82, 2.24) is 9.80 Å². The fraction of sp³-hybridized carbons (Fsp3) is 0.550. The largest absolute Gasteiger partial charge is 0.335 e. The molecule has 0 bridgehead atoms. The summed E-state index contributed by atoms with van der Waals surface area (Å²) in [5.41, 5.74) is 2.46. The van der Waals surface area contributed by atoms with Crippen molar-refractivity contribution in [2.45, 2.75) is 39.2 Å². The van der Waals surface area contributed by atoms with Crippen LogP contribution in [0.25, 0.3) is 0 Å². The van der Waals surface area contributed by atoms with Crippen LogP contribution >= 0.6 is 0 Å². The van der Waals surface area contributed by atoms with E-state index in [0.29, 0.717) is 25.4 Å². The van der Waals surface area contributed by atoms with Crippen LogP contribution in [0.1, 0.15) is 36.8 Å². The standard InChI is InChI=1S/C20H30N2O/c1-4-13-22(16-19-10-6-5-8-17(19)2)20(23)12-11-18-9-7-14-21(3)15-18/h4-6,8,10,18H,1,7,9,11-16H2,2-3H3/t18-/m1/s1. The number of likely N-dealkylation sites (tertiary alicyclic amines) is 1. The molecule has 3 nitrogen and oxygen atoms in total. The zero-order valence-electron chi connectivity index (χ0n) is 14.6. The Morgan fingerprint density at radius 3 is 2.91 bits per heavy atom. The van der Waals surface area contributed by atoms with Crippen LogP contribution in [0, 0.1) is 12.8 Å². The average molecular weight is 314 g/mol. The smallest absolute Gasteiger partial charge is 0.223 e. The van der Waals surface area contributed by atoms with Crippen molar-refractivity contribution >= 4 is 5.91 Å². The summed E-state index contributed by atoms with van der Waals surface area (Å²) in [6.07, 6.45) is 6.00. The summed E-state index contributed by atoms with van der Waals surface area (Å²) < 4.78 is 0. The second kappa shape index (κ2) is 8.88. The summed E-state index contributed by atoms with van der Waals surface area (Å²) >= 11 is 0. The molecule has 1 aromatic carbocycles. The maximum atomic E-state index is 12.6. The zero-order valence-corrected chi connectivity index (χ0v) is 14.6. The maximum absolute atomic E-state index is 12.6. The van der Waals surface area contributed by atoms with Gasteiger partial charge in [-0.15, -0.1) is 6.58 Å². The van der Waals surface area contributed by atoms with E-state index in [1.54, 1.807) is 0 Å². The highest BCUT2D eigenvalue weighted by atomic mass is 16.2. The van der Waals surface area contributed by atoms with Gasteiger partial charge in [-0.05, 0) is 56.8 Å². The Hall–Kier alpha value is -1.61. The monoisotopic (exact) mass is 314 g/mol. The summed E-state index contributed by atoms with van der Waals surface area (Å²) in [7, 11) is 2.18. The Balaban J connectivity index is 1.90. The van der Waals surface area contributed by atoms with Gasteiger partial charge < -0.3 is 9.80 Å². The molecule has 1 heterocycles. The predicted molar refractivity (Wildman–Crippen MR) is 96.2 cm³/mol. The van der Waals surface area contributed by atoms with Gasteiger partial charge in [-0.2, -0.15) is 0 Å². The number of hydrogen-bond acceptors (Lipinski definition) is 2. The number of hydrogen-bond donors (Lipinski definition) is 0. The number of carbonyl (C=O) groups is 1. The molecular formula is C20H30N2O. The van der Waals surface area contributed by atoms with Crippen LogP contribution in [0.2, 0.25) is 0 Å². The molecule has 23 heavy (non-hydrogen) atoms. The SMILES string of the molecule is C=CCN(Cc1ccccc1C)C(=O)CC[C@H]1CCCN(C)C1. The summed E-state index contributed by atoms with van der Waals surface area (Å²) in [4.78, 5) is 17.0. The first kappa shape index (κ1) is 17.7. The van der Waals surface area contributed by atoms with Gasteiger partial charge in [0.2, 0.25) is 5.91 Å². The van der Waals surface area contributed by atoms with Crippen LogP contribution < -0.4 is 0 Å². The van der Waals surface area contributed by atoms with Crippen molar-refractivity contribution in [3.05, 3.63) is 48.0 Å². The molecule has 1 aromatic rings. The number of benzene rings is 1. The molecule has 1 aliphatic rings. The van der Waals surface area contributed by atoms with E-state index in [0.717, 1.165) is 13.0 Å². The van der Waals surface area contributed by atoms with E-state index in [1.165, 1.54) is 30.5 Å². The Labute approximate surface area is 141 Å². The molecule has 0 aromatic heterocycles. The first-order chi connectivity index (χ1) is 11.1. The van der Waals surface area contributed by atoms with Crippen LogP contribution in [-0.4, -0.2) is 42.4 Å². The zero-order chi connectivity index (χ0) is 16.7. The molecule has 1 saturated heterocycles. The molecule has 0 unspecified atom stereocenters. The number of piperidine rings is 1. The Morgan fingerprint density at radius 1 is 1.43 bits per heavy atom. The molecule has 0 radical (unpaired) electrons. The van der Waals surface area contributed by atoms with Crippen molar-refractivity contribution in [1.29, 1.82) is 0 Å². The molecule has 0 spiro atoms. The number of aryl methyl sites for hydroxylation is 1. The number of carbonyl (C=O) groups excluding carboxylic acids is 1. The lowest BCUT2D eigenvalue weighted by molar-refractivity contribution is -0.131. The molecule has 2 rings (SSSR count). The number of nitrogens with zero attached hydrogens (tertiary/aromatic N) is 2. The Morgan fingerprint density at radius 2 is 2.22 bits per heavy atom. The average Bonchev–Trinajstić information content (AvgIpc) is 2.54. The first-order valence-electron chi connectivity index (χ1n) is 8.72. The van der Waals surface area contributed by atoms with Crippen LogP contribution in [0.15, 0.2) is 36.9 Å². The lowest BCUT2D eigenvalue weighted by atomic mass is 9.93. The minimum Gasteiger partial charge on any atom is -0.335 e. The van der Waals surface area contributed by atoms with Crippen LogP contribution in [0.5, 0.6) is 0 Å². The lowest BCUT2D eigenvalue weighted by Gasteiger charge is -2.30. The molecule has 1 aliphatic heterocycles. The van der Waals surface area contributed by atoms with E-state index in [4.69, 9.17) is 0 Å². The molecule has 0 aliphatic carbocycles. The van der Waals surface area contributed by atoms with Crippen LogP contribution in [0.3, 0.4) is 0 Å². The van der Waals surface area contributed by atoms with Gasteiger partial charge in [-0.1, -0.05) is 30.3 Å². The van der Waals surface area contributed by atoms with Gasteiger partial charge in [0.05, 0.1) is 0 Å². The fourth-order valence-corrected chi connectivity index (χ4v) is 3.40. The van der Waals surface area contributed by atoms with Crippen LogP contribution in [0.4, 0.5) is 0 Å². The van der Waals surface area contributed by atoms with Gasteiger partial charge in [-0.25, -0.2) is 0 Å². The Kier molecular flexibility index (Phi) is 6.85. The van der Waals surface area contributed by atoms with E-state index >= 15 is 0 Å². The van der Waals surface area contributed by atoms with Crippen molar-refractivity contribution in [2.24, 2.45) is 5.92 Å². The van der Waals surface area contributed by atoms with Crippen molar-refractivity contribution < 1.29 is 4.79 Å². The third kappa shape index (κ3) is 5.51. The normalized spacial score (nSPS) is 18.6.